The lowest BCUT2D eigenvalue weighted by molar-refractivity contribution is -0.131. The zero-order valence-electron chi connectivity index (χ0n) is 7.08. The third-order valence-electron chi connectivity index (χ3n) is 2.26. The van der Waals surface area contributed by atoms with Gasteiger partial charge in [0.25, 0.3) is 0 Å². The van der Waals surface area contributed by atoms with Crippen LogP contribution in [0, 0.1) is 0 Å². The molecule has 1 rings (SSSR count). The summed E-state index contributed by atoms with van der Waals surface area (Å²) < 4.78 is 0. The first-order chi connectivity index (χ1) is 5.13. The van der Waals surface area contributed by atoms with Gasteiger partial charge in [-0.3, -0.25) is 4.79 Å². The minimum Gasteiger partial charge on any atom is -0.391 e. The van der Waals surface area contributed by atoms with Crippen molar-refractivity contribution in [3.63, 3.8) is 0 Å². The van der Waals surface area contributed by atoms with Crippen molar-refractivity contribution in [2.45, 2.75) is 38.8 Å². The number of carbonyl (C=O) groups excluding carboxylic acids is 1. The Morgan fingerprint density at radius 3 is 2.73 bits per heavy atom. The maximum Gasteiger partial charge on any atom is 0.219 e. The summed E-state index contributed by atoms with van der Waals surface area (Å²) in [6, 6.07) is 0.0625. The highest BCUT2D eigenvalue weighted by Gasteiger charge is 2.29. The van der Waals surface area contributed by atoms with Gasteiger partial charge in [-0.2, -0.15) is 0 Å². The monoisotopic (exact) mass is 157 g/mol. The average molecular weight is 157 g/mol. The molecule has 64 valence electrons. The highest BCUT2D eigenvalue weighted by Crippen LogP contribution is 2.19. The van der Waals surface area contributed by atoms with Crippen molar-refractivity contribution in [1.29, 1.82) is 0 Å². The Kier molecular flexibility index (Phi) is 2.49. The van der Waals surface area contributed by atoms with Crippen molar-refractivity contribution < 1.29 is 9.90 Å². The molecule has 0 unspecified atom stereocenters. The number of carbonyl (C=O) groups is 1. The van der Waals surface area contributed by atoms with Gasteiger partial charge in [-0.15, -0.1) is 0 Å². The van der Waals surface area contributed by atoms with Crippen LogP contribution >= 0.6 is 0 Å². The molecule has 1 aliphatic rings. The normalized spacial score (nSPS) is 27.2. The Hall–Kier alpha value is -0.570. The molecule has 1 heterocycles. The van der Waals surface area contributed by atoms with Gasteiger partial charge in [0.1, 0.15) is 0 Å². The van der Waals surface area contributed by atoms with Crippen molar-refractivity contribution in [1.82, 2.24) is 4.90 Å². The molecule has 1 N–H and O–H groups in total. The van der Waals surface area contributed by atoms with Crippen LogP contribution in [-0.4, -0.2) is 34.6 Å². The second-order valence-electron chi connectivity index (χ2n) is 3.16. The molecule has 0 aromatic heterocycles. The second-order valence-corrected chi connectivity index (χ2v) is 3.16. The Morgan fingerprint density at radius 2 is 2.36 bits per heavy atom. The highest BCUT2D eigenvalue weighted by atomic mass is 16.3. The fourth-order valence-corrected chi connectivity index (χ4v) is 1.69. The van der Waals surface area contributed by atoms with Crippen LogP contribution in [0.5, 0.6) is 0 Å². The van der Waals surface area contributed by atoms with E-state index >= 15 is 0 Å². The summed E-state index contributed by atoms with van der Waals surface area (Å²) in [7, 11) is 0. The number of hydrogen-bond acceptors (Lipinski definition) is 2. The van der Waals surface area contributed by atoms with Crippen molar-refractivity contribution in [3.8, 4) is 0 Å². The number of rotatable bonds is 1. The molecule has 2 atom stereocenters. The van der Waals surface area contributed by atoms with Crippen LogP contribution in [0.2, 0.25) is 0 Å². The fraction of sp³-hybridized carbons (Fsp3) is 0.875. The number of aliphatic hydroxyl groups excluding tert-OH is 1. The van der Waals surface area contributed by atoms with E-state index < -0.39 is 0 Å². The largest absolute Gasteiger partial charge is 0.391 e. The number of hydrogen-bond donors (Lipinski definition) is 1. The van der Waals surface area contributed by atoms with Crippen LogP contribution in [0.25, 0.3) is 0 Å². The standard InChI is InChI=1S/C8H15NO2/c1-6(10)8-4-3-5-9(8)7(2)11/h6,8,10H,3-5H2,1-2H3/t6-,8+/m1/s1. The first-order valence-corrected chi connectivity index (χ1v) is 4.08. The Labute approximate surface area is 67.0 Å². The van der Waals surface area contributed by atoms with E-state index in [0.29, 0.717) is 0 Å². The quantitative estimate of drug-likeness (QED) is 0.597. The molecule has 1 saturated heterocycles. The molecular formula is C8H15NO2. The number of likely N-dealkylation sites (tertiary alicyclic amines) is 1. The molecule has 3 heteroatoms. The molecule has 1 fully saturated rings. The summed E-state index contributed by atoms with van der Waals surface area (Å²) in [4.78, 5) is 12.7. The molecule has 0 saturated carbocycles. The van der Waals surface area contributed by atoms with E-state index in [2.05, 4.69) is 0 Å². The smallest absolute Gasteiger partial charge is 0.219 e. The second kappa shape index (κ2) is 3.22. The lowest BCUT2D eigenvalue weighted by Crippen LogP contribution is -2.40. The topological polar surface area (TPSA) is 40.5 Å². The van der Waals surface area contributed by atoms with E-state index in [1.165, 1.54) is 0 Å². The lowest BCUT2D eigenvalue weighted by atomic mass is 10.1. The number of amides is 1. The first-order valence-electron chi connectivity index (χ1n) is 4.08. The summed E-state index contributed by atoms with van der Waals surface area (Å²) >= 11 is 0. The molecule has 0 aromatic rings. The van der Waals surface area contributed by atoms with Crippen LogP contribution in [0.4, 0.5) is 0 Å². The van der Waals surface area contributed by atoms with Crippen molar-refractivity contribution in [2.24, 2.45) is 0 Å². The summed E-state index contributed by atoms with van der Waals surface area (Å²) in [5, 5.41) is 9.28. The van der Waals surface area contributed by atoms with Gasteiger partial charge < -0.3 is 10.0 Å². The van der Waals surface area contributed by atoms with Crippen LogP contribution in [0.3, 0.4) is 0 Å². The summed E-state index contributed by atoms with van der Waals surface area (Å²) in [5.41, 5.74) is 0. The van der Waals surface area contributed by atoms with Gasteiger partial charge >= 0.3 is 0 Å². The van der Waals surface area contributed by atoms with E-state index in [0.717, 1.165) is 19.4 Å². The van der Waals surface area contributed by atoms with Gasteiger partial charge in [-0.05, 0) is 19.8 Å². The van der Waals surface area contributed by atoms with Crippen molar-refractivity contribution in [3.05, 3.63) is 0 Å². The molecule has 0 radical (unpaired) electrons. The maximum absolute atomic E-state index is 11.0. The Bertz CT molecular complexity index is 156. The molecule has 1 aliphatic heterocycles. The molecular weight excluding hydrogens is 142 g/mol. The Morgan fingerprint density at radius 1 is 1.73 bits per heavy atom. The SMILES string of the molecule is CC(=O)N1CCC[C@H]1[C@@H](C)O. The molecule has 1 amide bonds. The van der Waals surface area contributed by atoms with E-state index in [1.807, 2.05) is 0 Å². The van der Waals surface area contributed by atoms with Gasteiger partial charge in [0.05, 0.1) is 12.1 Å². The van der Waals surface area contributed by atoms with Gasteiger partial charge in [0.2, 0.25) is 5.91 Å². The molecule has 0 spiro atoms. The minimum atomic E-state index is -0.388. The van der Waals surface area contributed by atoms with Gasteiger partial charge in [-0.1, -0.05) is 0 Å². The summed E-state index contributed by atoms with van der Waals surface area (Å²) in [5.74, 6) is 0.0772. The molecule has 0 bridgehead atoms. The highest BCUT2D eigenvalue weighted by molar-refractivity contribution is 5.73. The van der Waals surface area contributed by atoms with Crippen molar-refractivity contribution >= 4 is 5.91 Å². The maximum atomic E-state index is 11.0. The van der Waals surface area contributed by atoms with E-state index in [9.17, 15) is 9.90 Å². The van der Waals surface area contributed by atoms with Crippen LogP contribution in [0.1, 0.15) is 26.7 Å². The predicted octanol–water partition coefficient (Wildman–Crippen LogP) is 0.378. The molecule has 3 nitrogen and oxygen atoms in total. The zero-order chi connectivity index (χ0) is 8.43. The summed E-state index contributed by atoms with van der Waals surface area (Å²) in [6.45, 7) is 4.11. The third-order valence-corrected chi connectivity index (χ3v) is 2.26. The van der Waals surface area contributed by atoms with Gasteiger partial charge in [0, 0.05) is 13.5 Å². The van der Waals surface area contributed by atoms with Crippen LogP contribution in [0.15, 0.2) is 0 Å². The molecule has 11 heavy (non-hydrogen) atoms. The Balaban J connectivity index is 2.58. The fourth-order valence-electron chi connectivity index (χ4n) is 1.69. The van der Waals surface area contributed by atoms with E-state index in [1.54, 1.807) is 18.7 Å². The number of aliphatic hydroxyl groups is 1. The predicted molar refractivity (Wildman–Crippen MR) is 42.1 cm³/mol. The van der Waals surface area contributed by atoms with Gasteiger partial charge in [-0.25, -0.2) is 0 Å². The minimum absolute atomic E-state index is 0.0625. The average Bonchev–Trinajstić information content (AvgIpc) is 2.32. The van der Waals surface area contributed by atoms with Crippen molar-refractivity contribution in [2.75, 3.05) is 6.54 Å². The third kappa shape index (κ3) is 1.71. The molecule has 0 aliphatic carbocycles. The lowest BCUT2D eigenvalue weighted by Gasteiger charge is -2.25. The zero-order valence-corrected chi connectivity index (χ0v) is 7.08. The van der Waals surface area contributed by atoms with Crippen LogP contribution < -0.4 is 0 Å². The summed E-state index contributed by atoms with van der Waals surface area (Å²) in [6.07, 6.45) is 1.58. The number of nitrogens with zero attached hydrogens (tertiary/aromatic N) is 1. The van der Waals surface area contributed by atoms with Crippen LogP contribution in [-0.2, 0) is 4.79 Å². The van der Waals surface area contributed by atoms with E-state index in [-0.39, 0.29) is 18.1 Å². The van der Waals surface area contributed by atoms with E-state index in [4.69, 9.17) is 0 Å². The molecule has 0 aromatic carbocycles. The van der Waals surface area contributed by atoms with Gasteiger partial charge in [0.15, 0.2) is 0 Å². The first kappa shape index (κ1) is 8.53.